The molecule has 1 fully saturated rings. The number of amides is 2. The lowest BCUT2D eigenvalue weighted by Crippen LogP contribution is -2.33. The highest BCUT2D eigenvalue weighted by Gasteiger charge is 2.18. The van der Waals surface area contributed by atoms with E-state index in [-0.39, 0.29) is 17.9 Å². The number of nitrogens with one attached hydrogen (secondary N) is 1. The first-order valence-electron chi connectivity index (χ1n) is 7.42. The second kappa shape index (κ2) is 7.11. The second-order valence-corrected chi connectivity index (χ2v) is 6.55. The summed E-state index contributed by atoms with van der Waals surface area (Å²) in [6.45, 7) is 6.15. The zero-order chi connectivity index (χ0) is 15.4. The molecule has 2 rings (SSSR count). The Morgan fingerprint density at radius 3 is 2.62 bits per heavy atom. The predicted octanol–water partition coefficient (Wildman–Crippen LogP) is 2.57. The van der Waals surface area contributed by atoms with Gasteiger partial charge in [-0.2, -0.15) is 0 Å². The maximum absolute atomic E-state index is 12.2. The zero-order valence-electron chi connectivity index (χ0n) is 12.6. The van der Waals surface area contributed by atoms with Gasteiger partial charge < -0.3 is 14.8 Å². The molecule has 0 atom stereocenters. The van der Waals surface area contributed by atoms with Crippen molar-refractivity contribution in [3.63, 3.8) is 0 Å². The summed E-state index contributed by atoms with van der Waals surface area (Å²) in [4.78, 5) is 26.0. The molecule has 21 heavy (non-hydrogen) atoms. The van der Waals surface area contributed by atoms with E-state index in [1.165, 1.54) is 0 Å². The molecule has 2 heterocycles. The summed E-state index contributed by atoms with van der Waals surface area (Å²) in [6, 6.07) is 2.01. The van der Waals surface area contributed by atoms with E-state index >= 15 is 0 Å². The average Bonchev–Trinajstić information content (AvgIpc) is 3.07. The van der Waals surface area contributed by atoms with Gasteiger partial charge in [-0.1, -0.05) is 0 Å². The van der Waals surface area contributed by atoms with Gasteiger partial charge in [0.1, 0.15) is 5.69 Å². The van der Waals surface area contributed by atoms with Crippen LogP contribution in [0, 0.1) is 0 Å². The third-order valence-corrected chi connectivity index (χ3v) is 4.12. The van der Waals surface area contributed by atoms with Crippen molar-refractivity contribution >= 4 is 27.7 Å². The Labute approximate surface area is 133 Å². The minimum absolute atomic E-state index is 0.133. The molecule has 116 valence electrons. The van der Waals surface area contributed by atoms with Gasteiger partial charge >= 0.3 is 0 Å². The van der Waals surface area contributed by atoms with E-state index in [2.05, 4.69) is 21.2 Å². The summed E-state index contributed by atoms with van der Waals surface area (Å²) in [5.74, 6) is -0.00292. The lowest BCUT2D eigenvalue weighted by atomic mass is 10.3. The lowest BCUT2D eigenvalue weighted by Gasteiger charge is -2.16. The zero-order valence-corrected chi connectivity index (χ0v) is 14.1. The van der Waals surface area contributed by atoms with Crippen LogP contribution in [-0.2, 0) is 4.79 Å². The summed E-state index contributed by atoms with van der Waals surface area (Å²) in [6.07, 6.45) is 4.45. The Bertz CT molecular complexity index is 519. The molecule has 1 aromatic rings. The number of carbonyl (C=O) groups excluding carboxylic acids is 2. The standard InChI is InChI=1S/C15H22BrN3O2/c1-11(2)19-10-12(16)9-13(19)15(21)17-6-5-14(20)18-7-3-4-8-18/h9-11H,3-8H2,1-2H3,(H,17,21). The molecule has 1 N–H and O–H groups in total. The van der Waals surface area contributed by atoms with E-state index in [1.54, 1.807) is 6.07 Å². The number of nitrogens with zero attached hydrogens (tertiary/aromatic N) is 2. The van der Waals surface area contributed by atoms with Crippen LogP contribution in [0.25, 0.3) is 0 Å². The minimum Gasteiger partial charge on any atom is -0.350 e. The molecular weight excluding hydrogens is 334 g/mol. The Hall–Kier alpha value is -1.30. The Morgan fingerprint density at radius 2 is 2.00 bits per heavy atom. The van der Waals surface area contributed by atoms with Gasteiger partial charge in [-0.25, -0.2) is 0 Å². The van der Waals surface area contributed by atoms with Crippen molar-refractivity contribution in [2.24, 2.45) is 0 Å². The van der Waals surface area contributed by atoms with Gasteiger partial charge in [0.2, 0.25) is 5.91 Å². The highest BCUT2D eigenvalue weighted by atomic mass is 79.9. The van der Waals surface area contributed by atoms with Crippen LogP contribution >= 0.6 is 15.9 Å². The van der Waals surface area contributed by atoms with E-state index in [1.807, 2.05) is 29.5 Å². The average molecular weight is 356 g/mol. The van der Waals surface area contributed by atoms with Crippen LogP contribution in [0.4, 0.5) is 0 Å². The maximum atomic E-state index is 12.2. The number of hydrogen-bond acceptors (Lipinski definition) is 2. The van der Waals surface area contributed by atoms with Crippen molar-refractivity contribution in [3.8, 4) is 0 Å². The Balaban J connectivity index is 1.85. The third kappa shape index (κ3) is 4.09. The first-order chi connectivity index (χ1) is 9.99. The van der Waals surface area contributed by atoms with Gasteiger partial charge in [0.05, 0.1) is 0 Å². The van der Waals surface area contributed by atoms with Gasteiger partial charge in [-0.3, -0.25) is 9.59 Å². The smallest absolute Gasteiger partial charge is 0.267 e. The number of hydrogen-bond donors (Lipinski definition) is 1. The van der Waals surface area contributed by atoms with Gasteiger partial charge in [0, 0.05) is 42.8 Å². The maximum Gasteiger partial charge on any atom is 0.267 e. The van der Waals surface area contributed by atoms with Gasteiger partial charge in [0.25, 0.3) is 5.91 Å². The first-order valence-corrected chi connectivity index (χ1v) is 8.21. The van der Waals surface area contributed by atoms with Crippen LogP contribution in [0.5, 0.6) is 0 Å². The highest BCUT2D eigenvalue weighted by Crippen LogP contribution is 2.19. The van der Waals surface area contributed by atoms with Crippen LogP contribution < -0.4 is 5.32 Å². The van der Waals surface area contributed by atoms with Crippen molar-refractivity contribution < 1.29 is 9.59 Å². The number of aromatic nitrogens is 1. The van der Waals surface area contributed by atoms with E-state index in [4.69, 9.17) is 0 Å². The van der Waals surface area contributed by atoms with Gasteiger partial charge in [0.15, 0.2) is 0 Å². The topological polar surface area (TPSA) is 54.3 Å². The summed E-state index contributed by atoms with van der Waals surface area (Å²) in [7, 11) is 0. The predicted molar refractivity (Wildman–Crippen MR) is 85.3 cm³/mol. The second-order valence-electron chi connectivity index (χ2n) is 5.64. The molecule has 0 aromatic carbocycles. The summed E-state index contributed by atoms with van der Waals surface area (Å²) in [5.41, 5.74) is 0.616. The van der Waals surface area contributed by atoms with Crippen LogP contribution in [0.1, 0.15) is 49.6 Å². The SMILES string of the molecule is CC(C)n1cc(Br)cc1C(=O)NCCC(=O)N1CCCC1. The van der Waals surface area contributed by atoms with Crippen molar-refractivity contribution in [3.05, 3.63) is 22.4 Å². The monoisotopic (exact) mass is 355 g/mol. The molecule has 6 heteroatoms. The van der Waals surface area contributed by atoms with Crippen molar-refractivity contribution in [2.75, 3.05) is 19.6 Å². The van der Waals surface area contributed by atoms with Crippen LogP contribution in [0.2, 0.25) is 0 Å². The molecule has 0 aliphatic carbocycles. The fourth-order valence-corrected chi connectivity index (χ4v) is 2.99. The quantitative estimate of drug-likeness (QED) is 0.882. The molecule has 0 bridgehead atoms. The van der Waals surface area contributed by atoms with Crippen LogP contribution in [0.15, 0.2) is 16.7 Å². The number of carbonyl (C=O) groups is 2. The lowest BCUT2D eigenvalue weighted by molar-refractivity contribution is -0.129. The fraction of sp³-hybridized carbons (Fsp3) is 0.600. The van der Waals surface area contributed by atoms with Crippen LogP contribution in [0.3, 0.4) is 0 Å². The van der Waals surface area contributed by atoms with E-state index in [0.717, 1.165) is 30.4 Å². The van der Waals surface area contributed by atoms with Crippen molar-refractivity contribution in [2.45, 2.75) is 39.2 Å². The number of rotatable bonds is 5. The largest absolute Gasteiger partial charge is 0.350 e. The number of halogens is 1. The molecule has 0 saturated carbocycles. The summed E-state index contributed by atoms with van der Waals surface area (Å²) >= 11 is 3.39. The summed E-state index contributed by atoms with van der Waals surface area (Å²) < 4.78 is 2.80. The number of likely N-dealkylation sites (tertiary alicyclic amines) is 1. The molecule has 0 spiro atoms. The van der Waals surface area contributed by atoms with Gasteiger partial charge in [-0.15, -0.1) is 0 Å². The van der Waals surface area contributed by atoms with Crippen molar-refractivity contribution in [1.82, 2.24) is 14.8 Å². The Morgan fingerprint density at radius 1 is 1.33 bits per heavy atom. The molecule has 5 nitrogen and oxygen atoms in total. The van der Waals surface area contributed by atoms with Gasteiger partial charge in [-0.05, 0) is 48.7 Å². The molecule has 2 amide bonds. The molecule has 0 unspecified atom stereocenters. The normalized spacial score (nSPS) is 14.8. The minimum atomic E-state index is -0.136. The van der Waals surface area contributed by atoms with Crippen molar-refractivity contribution in [1.29, 1.82) is 0 Å². The first kappa shape index (κ1) is 16.1. The van der Waals surface area contributed by atoms with E-state index < -0.39 is 0 Å². The fourth-order valence-electron chi connectivity index (χ4n) is 2.55. The molecule has 1 saturated heterocycles. The Kier molecular flexibility index (Phi) is 5.45. The van der Waals surface area contributed by atoms with E-state index in [9.17, 15) is 9.59 Å². The molecule has 1 aromatic heterocycles. The van der Waals surface area contributed by atoms with Crippen LogP contribution in [-0.4, -0.2) is 40.9 Å². The van der Waals surface area contributed by atoms with E-state index in [0.29, 0.717) is 18.7 Å². The highest BCUT2D eigenvalue weighted by molar-refractivity contribution is 9.10. The molecule has 1 aliphatic heterocycles. The molecule has 1 aliphatic rings. The summed E-state index contributed by atoms with van der Waals surface area (Å²) in [5, 5.41) is 2.83. The third-order valence-electron chi connectivity index (χ3n) is 3.69. The molecular formula is C15H22BrN3O2. The molecule has 0 radical (unpaired) electrons.